The summed E-state index contributed by atoms with van der Waals surface area (Å²) >= 11 is 0. The summed E-state index contributed by atoms with van der Waals surface area (Å²) in [5.74, 6) is -2.11. The number of aliphatic hydroxyl groups is 2. The van der Waals surface area contributed by atoms with Gasteiger partial charge in [0.15, 0.2) is 11.5 Å². The first-order valence-corrected chi connectivity index (χ1v) is 21.6. The van der Waals surface area contributed by atoms with E-state index in [9.17, 15) is 37.8 Å². The predicted octanol–water partition coefficient (Wildman–Crippen LogP) is 4.26. The Labute approximate surface area is 376 Å². The van der Waals surface area contributed by atoms with Crippen molar-refractivity contribution < 1.29 is 42.5 Å². The van der Waals surface area contributed by atoms with Crippen LogP contribution in [0.4, 0.5) is 29.6 Å². The van der Waals surface area contributed by atoms with E-state index in [2.05, 4.69) is 55.9 Å². The molecular formula is C45H49F3N12O6. The first-order valence-electron chi connectivity index (χ1n) is 21.6. The summed E-state index contributed by atoms with van der Waals surface area (Å²) in [6.45, 7) is 1.67. The van der Waals surface area contributed by atoms with E-state index >= 15 is 0 Å². The summed E-state index contributed by atoms with van der Waals surface area (Å²) < 4.78 is 45.3. The molecule has 3 amide bonds. The highest BCUT2D eigenvalue weighted by atomic mass is 19.4. The number of hydrogen-bond acceptors (Lipinski definition) is 13. The third-order valence-electron chi connectivity index (χ3n) is 11.8. The van der Waals surface area contributed by atoms with Crippen molar-refractivity contribution in [1.82, 2.24) is 50.2 Å². The molecule has 0 unspecified atom stereocenters. The van der Waals surface area contributed by atoms with E-state index in [-0.39, 0.29) is 60.4 Å². The van der Waals surface area contributed by atoms with Crippen LogP contribution in [0.1, 0.15) is 71.0 Å². The topological polar surface area (TPSA) is 227 Å². The van der Waals surface area contributed by atoms with E-state index in [4.69, 9.17) is 0 Å². The zero-order valence-electron chi connectivity index (χ0n) is 35.6. The van der Waals surface area contributed by atoms with Crippen LogP contribution in [0.2, 0.25) is 0 Å². The molecular weight excluding hydrogens is 862 g/mol. The number of carbonyl (C=O) groups excluding carboxylic acids is 3. The molecule has 2 aliphatic rings. The summed E-state index contributed by atoms with van der Waals surface area (Å²) in [5.41, 5.74) is 2.69. The van der Waals surface area contributed by atoms with Crippen LogP contribution in [-0.4, -0.2) is 120 Å². The molecule has 6 aromatic rings. The number of amides is 3. The number of pyridine rings is 1. The number of rotatable bonds is 16. The van der Waals surface area contributed by atoms with Crippen LogP contribution in [-0.2, 0) is 16.1 Å². The van der Waals surface area contributed by atoms with Gasteiger partial charge in [-0.25, -0.2) is 29.5 Å². The molecule has 0 bridgehead atoms. The van der Waals surface area contributed by atoms with Crippen molar-refractivity contribution >= 4 is 40.7 Å². The number of alkyl halides is 3. The number of anilines is 2. The van der Waals surface area contributed by atoms with Crippen molar-refractivity contribution in [3.8, 4) is 0 Å². The maximum absolute atomic E-state index is 13.8. The summed E-state index contributed by atoms with van der Waals surface area (Å²) in [4.78, 5) is 58.2. The Morgan fingerprint density at radius 2 is 1.53 bits per heavy atom. The van der Waals surface area contributed by atoms with Gasteiger partial charge in [0.1, 0.15) is 30.1 Å². The Morgan fingerprint density at radius 3 is 2.21 bits per heavy atom. The molecule has 1 aliphatic carbocycles. The minimum atomic E-state index is -5.16. The molecule has 5 heterocycles. The van der Waals surface area contributed by atoms with Gasteiger partial charge in [-0.05, 0) is 48.9 Å². The standard InChI is InChI=1S/C45H49F3N12O6/c46-45(47,48)43(64)66-26-28-23-54-60(25-28)34-22-33(37(61)38(34)62)59-27-53-36-39(52-24-32(29-10-3-1-4-11-29)30-12-5-2-6-13-30)56-40(57-41(36)59)42(63)50-18-9-19-51-44(65)55-31-15-20-58(21-16-31)35-14-7-8-17-49-35/h1-8,10-14,17,23,25,27,31-34,37-38,61-62H,9,15-16,18-22,24,26H2,(H,50,63)(H2,51,55,65)(H,52,56,57)/t33-,34+,37+,38-/m1/s1. The summed E-state index contributed by atoms with van der Waals surface area (Å²) in [5, 5.41) is 38.9. The number of imidazole rings is 1. The second-order valence-electron chi connectivity index (χ2n) is 16.2. The fourth-order valence-corrected chi connectivity index (χ4v) is 8.37. The molecule has 346 valence electrons. The number of aliphatic hydroxyl groups excluding tert-OH is 2. The highest BCUT2D eigenvalue weighted by Gasteiger charge is 2.45. The van der Waals surface area contributed by atoms with Crippen molar-refractivity contribution in [2.75, 3.05) is 42.9 Å². The summed E-state index contributed by atoms with van der Waals surface area (Å²) in [7, 11) is 0. The fraction of sp³-hybridized carbons (Fsp3) is 0.378. The molecule has 2 fully saturated rings. The number of nitrogens with one attached hydrogen (secondary N) is 4. The van der Waals surface area contributed by atoms with Crippen LogP contribution in [0, 0.1) is 0 Å². The van der Waals surface area contributed by atoms with E-state index in [0.717, 1.165) is 42.9 Å². The van der Waals surface area contributed by atoms with Crippen LogP contribution < -0.4 is 26.2 Å². The Kier molecular flexibility index (Phi) is 14.0. The maximum Gasteiger partial charge on any atom is 0.490 e. The van der Waals surface area contributed by atoms with Gasteiger partial charge in [0.2, 0.25) is 5.82 Å². The second kappa shape index (κ2) is 20.4. The van der Waals surface area contributed by atoms with E-state index in [1.54, 1.807) is 10.8 Å². The number of aromatic nitrogens is 7. The third-order valence-corrected chi connectivity index (χ3v) is 11.8. The molecule has 0 spiro atoms. The van der Waals surface area contributed by atoms with E-state index in [1.165, 1.54) is 23.4 Å². The summed E-state index contributed by atoms with van der Waals surface area (Å²) in [6, 6.07) is 23.6. The van der Waals surface area contributed by atoms with Gasteiger partial charge in [0.25, 0.3) is 5.91 Å². The predicted molar refractivity (Wildman–Crippen MR) is 234 cm³/mol. The number of nitrogens with zero attached hydrogens (tertiary/aromatic N) is 8. The van der Waals surface area contributed by atoms with Crippen LogP contribution in [0.3, 0.4) is 0 Å². The largest absolute Gasteiger partial charge is 0.490 e. The normalized spacial score (nSPS) is 18.9. The molecule has 1 saturated carbocycles. The first-order chi connectivity index (χ1) is 31.9. The molecule has 1 saturated heterocycles. The molecule has 18 nitrogen and oxygen atoms in total. The monoisotopic (exact) mass is 910 g/mol. The van der Waals surface area contributed by atoms with Crippen LogP contribution >= 0.6 is 0 Å². The summed E-state index contributed by atoms with van der Waals surface area (Å²) in [6.07, 6.45) is -0.171. The van der Waals surface area contributed by atoms with E-state index in [0.29, 0.717) is 18.5 Å². The van der Waals surface area contributed by atoms with Gasteiger partial charge >= 0.3 is 18.2 Å². The van der Waals surface area contributed by atoms with Gasteiger partial charge in [0.05, 0.1) is 24.6 Å². The average Bonchev–Trinajstić information content (AvgIpc) is 4.06. The van der Waals surface area contributed by atoms with Crippen molar-refractivity contribution in [3.63, 3.8) is 0 Å². The van der Waals surface area contributed by atoms with E-state index < -0.39 is 49.0 Å². The lowest BCUT2D eigenvalue weighted by molar-refractivity contribution is -0.201. The van der Waals surface area contributed by atoms with Gasteiger partial charge in [-0.2, -0.15) is 18.3 Å². The number of hydrogen-bond donors (Lipinski definition) is 6. The van der Waals surface area contributed by atoms with Gasteiger partial charge in [0, 0.05) is 62.6 Å². The molecule has 4 aromatic heterocycles. The van der Waals surface area contributed by atoms with E-state index in [1.807, 2.05) is 78.9 Å². The first kappa shape index (κ1) is 45.4. The van der Waals surface area contributed by atoms with Gasteiger partial charge < -0.3 is 45.7 Å². The molecule has 8 rings (SSSR count). The number of esters is 1. The zero-order valence-corrected chi connectivity index (χ0v) is 35.6. The quantitative estimate of drug-likeness (QED) is 0.0591. The second-order valence-corrected chi connectivity index (χ2v) is 16.2. The Balaban J connectivity index is 0.955. The van der Waals surface area contributed by atoms with Crippen LogP contribution in [0.5, 0.6) is 0 Å². The molecule has 1 aliphatic heterocycles. The SMILES string of the molecule is O=C(NCCCNC(=O)c1nc(NCC(c2ccccc2)c2ccccc2)c2ncn([C@@H]3C[C@H](n4cc(COC(=O)C(F)(F)F)cn4)[C@@H](O)[C@H]3O)c2n1)NC1CCN(c2ccccn2)CC1. The zero-order chi connectivity index (χ0) is 46.2. The van der Waals surface area contributed by atoms with Gasteiger partial charge in [-0.3, -0.25) is 9.48 Å². The van der Waals surface area contributed by atoms with Crippen molar-refractivity contribution in [3.05, 3.63) is 126 Å². The fourth-order valence-electron chi connectivity index (χ4n) is 8.37. The van der Waals surface area contributed by atoms with Crippen molar-refractivity contribution in [1.29, 1.82) is 0 Å². The number of piperidine rings is 1. The Bertz CT molecular complexity index is 2540. The molecule has 66 heavy (non-hydrogen) atoms. The van der Waals surface area contributed by atoms with Crippen molar-refractivity contribution in [2.45, 2.75) is 74.7 Å². The molecule has 21 heteroatoms. The lowest BCUT2D eigenvalue weighted by atomic mass is 9.91. The third kappa shape index (κ3) is 10.7. The van der Waals surface area contributed by atoms with Crippen LogP contribution in [0.25, 0.3) is 11.2 Å². The molecule has 6 N–H and O–H groups in total. The number of fused-ring (bicyclic) bond motifs is 1. The lowest BCUT2D eigenvalue weighted by Crippen LogP contribution is -2.48. The average molecular weight is 911 g/mol. The highest BCUT2D eigenvalue weighted by molar-refractivity contribution is 5.94. The van der Waals surface area contributed by atoms with Crippen LogP contribution in [0.15, 0.2) is 104 Å². The maximum atomic E-state index is 13.8. The number of urea groups is 1. The minimum Gasteiger partial charge on any atom is -0.454 e. The minimum absolute atomic E-state index is 0.0225. The Hall–Kier alpha value is -7.13. The molecule has 2 aromatic carbocycles. The lowest BCUT2D eigenvalue weighted by Gasteiger charge is -2.33. The molecule has 4 atom stereocenters. The number of halogens is 3. The highest BCUT2D eigenvalue weighted by Crippen LogP contribution is 2.40. The van der Waals surface area contributed by atoms with Gasteiger partial charge in [-0.1, -0.05) is 66.7 Å². The number of carbonyl (C=O) groups is 3. The smallest absolute Gasteiger partial charge is 0.454 e. The number of ether oxygens (including phenoxy) is 1. The molecule has 0 radical (unpaired) electrons. The van der Waals surface area contributed by atoms with Crippen molar-refractivity contribution in [2.24, 2.45) is 0 Å². The van der Waals surface area contributed by atoms with Gasteiger partial charge in [-0.15, -0.1) is 0 Å². The Morgan fingerprint density at radius 1 is 0.848 bits per heavy atom. The number of benzene rings is 2.